The lowest BCUT2D eigenvalue weighted by atomic mass is 9.92. The molecular formula is C9H13N5. The largest absolute Gasteiger partial charge is 0.399 e. The summed E-state index contributed by atoms with van der Waals surface area (Å²) in [5.41, 5.74) is 12.5. The molecule has 1 aliphatic heterocycles. The highest BCUT2D eigenvalue weighted by atomic mass is 15.3. The second-order valence-corrected chi connectivity index (χ2v) is 3.34. The fraction of sp³-hybridized carbons (Fsp3) is 0.222. The molecule has 5 heteroatoms. The molecule has 0 spiro atoms. The minimum Gasteiger partial charge on any atom is -0.399 e. The summed E-state index contributed by atoms with van der Waals surface area (Å²) < 4.78 is 1.70. The molecule has 0 aromatic carbocycles. The molecule has 1 aromatic heterocycles. The summed E-state index contributed by atoms with van der Waals surface area (Å²) in [7, 11) is 1.84. The molecular weight excluding hydrogens is 178 g/mol. The fourth-order valence-electron chi connectivity index (χ4n) is 1.40. The van der Waals surface area contributed by atoms with Crippen LogP contribution in [0.5, 0.6) is 0 Å². The fourth-order valence-corrected chi connectivity index (χ4v) is 1.40. The molecule has 1 unspecified atom stereocenters. The Labute approximate surface area is 82.1 Å². The van der Waals surface area contributed by atoms with Gasteiger partial charge < -0.3 is 16.8 Å². The van der Waals surface area contributed by atoms with Crippen molar-refractivity contribution in [3.8, 4) is 0 Å². The number of nitrogens with one attached hydrogen (secondary N) is 1. The summed E-state index contributed by atoms with van der Waals surface area (Å²) in [5.74, 6) is 0. The van der Waals surface area contributed by atoms with Crippen molar-refractivity contribution in [3.05, 3.63) is 42.1 Å². The van der Waals surface area contributed by atoms with Crippen molar-refractivity contribution in [2.45, 2.75) is 5.54 Å². The molecule has 14 heavy (non-hydrogen) atoms. The van der Waals surface area contributed by atoms with Gasteiger partial charge >= 0.3 is 0 Å². The predicted molar refractivity (Wildman–Crippen MR) is 53.6 cm³/mol. The number of aromatic nitrogens is 2. The maximum atomic E-state index is 6.14. The minimum atomic E-state index is -0.785. The zero-order chi connectivity index (χ0) is 10.2. The van der Waals surface area contributed by atoms with Crippen molar-refractivity contribution in [3.63, 3.8) is 0 Å². The molecule has 0 saturated carbocycles. The van der Waals surface area contributed by atoms with Gasteiger partial charge in [-0.05, 0) is 18.3 Å². The lowest BCUT2D eigenvalue weighted by Gasteiger charge is -2.26. The Morgan fingerprint density at radius 2 is 2.36 bits per heavy atom. The molecule has 5 N–H and O–H groups in total. The van der Waals surface area contributed by atoms with Crippen LogP contribution in [0.2, 0.25) is 0 Å². The first-order chi connectivity index (χ1) is 6.63. The van der Waals surface area contributed by atoms with E-state index in [-0.39, 0.29) is 0 Å². The van der Waals surface area contributed by atoms with Crippen LogP contribution in [0.1, 0.15) is 5.69 Å². The molecule has 0 saturated heterocycles. The van der Waals surface area contributed by atoms with Gasteiger partial charge in [0, 0.05) is 19.4 Å². The lowest BCUT2D eigenvalue weighted by molar-refractivity contribution is 0.591. The van der Waals surface area contributed by atoms with Crippen LogP contribution in [0.4, 0.5) is 0 Å². The van der Waals surface area contributed by atoms with Crippen LogP contribution >= 0.6 is 0 Å². The van der Waals surface area contributed by atoms with Crippen LogP contribution in [-0.4, -0.2) is 9.78 Å². The van der Waals surface area contributed by atoms with E-state index in [0.29, 0.717) is 5.70 Å². The third-order valence-electron chi connectivity index (χ3n) is 2.30. The van der Waals surface area contributed by atoms with Crippen molar-refractivity contribution in [2.24, 2.45) is 18.5 Å². The third-order valence-corrected chi connectivity index (χ3v) is 2.30. The highest BCUT2D eigenvalue weighted by Crippen LogP contribution is 2.24. The van der Waals surface area contributed by atoms with Crippen molar-refractivity contribution < 1.29 is 0 Å². The van der Waals surface area contributed by atoms with E-state index in [4.69, 9.17) is 11.5 Å². The summed E-state index contributed by atoms with van der Waals surface area (Å²) >= 11 is 0. The van der Waals surface area contributed by atoms with Crippen LogP contribution in [0, 0.1) is 0 Å². The van der Waals surface area contributed by atoms with Gasteiger partial charge in [0.25, 0.3) is 0 Å². The summed E-state index contributed by atoms with van der Waals surface area (Å²) in [6.45, 7) is 0. The molecule has 0 bridgehead atoms. The van der Waals surface area contributed by atoms with Gasteiger partial charge in [-0.3, -0.25) is 4.68 Å². The molecule has 5 nitrogen and oxygen atoms in total. The van der Waals surface area contributed by atoms with Crippen molar-refractivity contribution >= 4 is 0 Å². The average molecular weight is 191 g/mol. The Morgan fingerprint density at radius 1 is 1.57 bits per heavy atom. The summed E-state index contributed by atoms with van der Waals surface area (Å²) in [6, 6.07) is 1.86. The number of aryl methyl sites for hydroxylation is 1. The number of hydrogen-bond acceptors (Lipinski definition) is 4. The van der Waals surface area contributed by atoms with Crippen molar-refractivity contribution in [2.75, 3.05) is 0 Å². The normalized spacial score (nSPS) is 25.7. The van der Waals surface area contributed by atoms with E-state index in [1.807, 2.05) is 19.3 Å². The Kier molecular flexibility index (Phi) is 1.82. The molecule has 1 aromatic rings. The average Bonchev–Trinajstić information content (AvgIpc) is 2.58. The van der Waals surface area contributed by atoms with Crippen LogP contribution < -0.4 is 16.8 Å². The van der Waals surface area contributed by atoms with Gasteiger partial charge in [0.2, 0.25) is 0 Å². The van der Waals surface area contributed by atoms with Crippen LogP contribution in [0.25, 0.3) is 0 Å². The summed E-state index contributed by atoms with van der Waals surface area (Å²) in [4.78, 5) is 0. The van der Waals surface area contributed by atoms with Gasteiger partial charge in [-0.15, -0.1) is 0 Å². The van der Waals surface area contributed by atoms with Gasteiger partial charge in [0.15, 0.2) is 0 Å². The number of rotatable bonds is 1. The highest BCUT2D eigenvalue weighted by Gasteiger charge is 2.31. The van der Waals surface area contributed by atoms with Gasteiger partial charge in [0.1, 0.15) is 5.54 Å². The monoisotopic (exact) mass is 191 g/mol. The Balaban J connectivity index is 2.45. The third kappa shape index (κ3) is 1.18. The Hall–Kier alpha value is -1.75. The number of nitrogens with two attached hydrogens (primary N) is 2. The molecule has 0 amide bonds. The van der Waals surface area contributed by atoms with Crippen molar-refractivity contribution in [1.82, 2.24) is 15.1 Å². The molecule has 2 heterocycles. The maximum Gasteiger partial charge on any atom is 0.122 e. The summed E-state index contributed by atoms with van der Waals surface area (Å²) in [6.07, 6.45) is 7.07. The Morgan fingerprint density at radius 3 is 2.93 bits per heavy atom. The second kappa shape index (κ2) is 2.88. The second-order valence-electron chi connectivity index (χ2n) is 3.34. The van der Waals surface area contributed by atoms with E-state index in [1.165, 1.54) is 0 Å². The van der Waals surface area contributed by atoms with E-state index in [9.17, 15) is 0 Å². The lowest BCUT2D eigenvalue weighted by Crippen LogP contribution is -2.43. The van der Waals surface area contributed by atoms with E-state index in [2.05, 4.69) is 10.4 Å². The standard InChI is InChI=1S/C9H13N5/c1-14-5-2-8(13-14)9(11)3-4-12-6-7(9)10/h2-6,12H,10-11H2,1H3. The van der Waals surface area contributed by atoms with Gasteiger partial charge in [-0.2, -0.15) is 5.10 Å². The zero-order valence-corrected chi connectivity index (χ0v) is 7.94. The van der Waals surface area contributed by atoms with E-state index in [0.717, 1.165) is 5.69 Å². The van der Waals surface area contributed by atoms with Crippen LogP contribution in [0.3, 0.4) is 0 Å². The number of dihydropyridines is 1. The molecule has 0 aliphatic carbocycles. The first-order valence-corrected chi connectivity index (χ1v) is 4.32. The molecule has 0 fully saturated rings. The van der Waals surface area contributed by atoms with E-state index < -0.39 is 5.54 Å². The van der Waals surface area contributed by atoms with Crippen molar-refractivity contribution in [1.29, 1.82) is 0 Å². The smallest absolute Gasteiger partial charge is 0.122 e. The maximum absolute atomic E-state index is 6.14. The zero-order valence-electron chi connectivity index (χ0n) is 7.94. The first kappa shape index (κ1) is 8.83. The predicted octanol–water partition coefficient (Wildman–Crippen LogP) is -0.509. The minimum absolute atomic E-state index is 0.554. The van der Waals surface area contributed by atoms with Gasteiger partial charge in [-0.25, -0.2) is 0 Å². The first-order valence-electron chi connectivity index (χ1n) is 4.32. The topological polar surface area (TPSA) is 81.9 Å². The highest BCUT2D eigenvalue weighted by molar-refractivity contribution is 5.36. The number of hydrogen-bond donors (Lipinski definition) is 3. The molecule has 1 atom stereocenters. The summed E-state index contributed by atoms with van der Waals surface area (Å²) in [5, 5.41) is 7.13. The van der Waals surface area contributed by atoms with Crippen LogP contribution in [-0.2, 0) is 12.6 Å². The van der Waals surface area contributed by atoms with Crippen LogP contribution in [0.15, 0.2) is 36.4 Å². The molecule has 0 radical (unpaired) electrons. The van der Waals surface area contributed by atoms with E-state index in [1.54, 1.807) is 23.2 Å². The number of nitrogens with zero attached hydrogens (tertiary/aromatic N) is 2. The molecule has 1 aliphatic rings. The molecule has 2 rings (SSSR count). The quantitative estimate of drug-likeness (QED) is 0.558. The Bertz CT molecular complexity index is 403. The van der Waals surface area contributed by atoms with Gasteiger partial charge in [-0.1, -0.05) is 0 Å². The SMILES string of the molecule is Cn1ccc(C2(N)C=CNC=C2N)n1. The molecule has 74 valence electrons. The van der Waals surface area contributed by atoms with E-state index >= 15 is 0 Å². The van der Waals surface area contributed by atoms with Gasteiger partial charge in [0.05, 0.1) is 11.4 Å².